The monoisotopic (exact) mass is 460 g/mol. The van der Waals surface area contributed by atoms with Crippen LogP contribution in [-0.2, 0) is 20.9 Å². The van der Waals surface area contributed by atoms with E-state index in [4.69, 9.17) is 19.1 Å². The van der Waals surface area contributed by atoms with E-state index in [1.54, 1.807) is 6.26 Å². The Balaban J connectivity index is 0.000000360. The molecule has 1 amide bonds. The first-order chi connectivity index (χ1) is 15.1. The first-order valence-corrected chi connectivity index (χ1v) is 11.0. The van der Waals surface area contributed by atoms with Crippen molar-refractivity contribution in [2.24, 2.45) is 11.3 Å². The second-order valence-electron chi connectivity index (χ2n) is 8.93. The number of carbonyl (C=O) groups excluding carboxylic acids is 1. The van der Waals surface area contributed by atoms with Crippen molar-refractivity contribution in [1.29, 1.82) is 0 Å². The summed E-state index contributed by atoms with van der Waals surface area (Å²) in [5.41, 5.74) is 0.411. The van der Waals surface area contributed by atoms with Crippen molar-refractivity contribution < 1.29 is 37.0 Å². The van der Waals surface area contributed by atoms with Crippen LogP contribution in [0, 0.1) is 11.3 Å². The van der Waals surface area contributed by atoms with E-state index in [0.717, 1.165) is 64.3 Å². The van der Waals surface area contributed by atoms with Crippen molar-refractivity contribution in [1.82, 2.24) is 9.80 Å². The van der Waals surface area contributed by atoms with Crippen LogP contribution >= 0.6 is 0 Å². The Labute approximate surface area is 185 Å². The highest BCUT2D eigenvalue weighted by molar-refractivity contribution is 5.79. The molecule has 0 aromatic carbocycles. The molecular weight excluding hydrogens is 429 g/mol. The third-order valence-corrected chi connectivity index (χ3v) is 7.02. The Morgan fingerprint density at radius 3 is 2.28 bits per heavy atom. The summed E-state index contributed by atoms with van der Waals surface area (Å²) in [5, 5.41) is 7.12. The Morgan fingerprint density at radius 2 is 1.81 bits per heavy atom. The highest BCUT2D eigenvalue weighted by Crippen LogP contribution is 2.51. The van der Waals surface area contributed by atoms with E-state index < -0.39 is 12.1 Å². The lowest BCUT2D eigenvalue weighted by Crippen LogP contribution is -2.59. The molecule has 1 spiro atoms. The Bertz CT molecular complexity index is 754. The molecule has 1 aromatic rings. The van der Waals surface area contributed by atoms with Gasteiger partial charge >= 0.3 is 12.1 Å². The maximum Gasteiger partial charge on any atom is 0.490 e. The summed E-state index contributed by atoms with van der Waals surface area (Å²) in [5.74, 6) is -1.15. The van der Waals surface area contributed by atoms with Crippen LogP contribution in [0.15, 0.2) is 22.8 Å². The molecule has 1 aromatic heterocycles. The molecule has 7 nitrogen and oxygen atoms in total. The molecule has 1 N–H and O–H groups in total. The molecule has 3 fully saturated rings. The average molecular weight is 460 g/mol. The smallest absolute Gasteiger partial charge is 0.475 e. The minimum Gasteiger partial charge on any atom is -0.475 e. The fourth-order valence-electron chi connectivity index (χ4n) is 5.09. The van der Waals surface area contributed by atoms with Gasteiger partial charge in [-0.2, -0.15) is 13.2 Å². The molecule has 0 radical (unpaired) electrons. The molecule has 32 heavy (non-hydrogen) atoms. The summed E-state index contributed by atoms with van der Waals surface area (Å²) in [4.78, 5) is 26.2. The number of alkyl halides is 3. The van der Waals surface area contributed by atoms with Crippen molar-refractivity contribution in [3.05, 3.63) is 24.2 Å². The van der Waals surface area contributed by atoms with Crippen LogP contribution in [0.3, 0.4) is 0 Å². The van der Waals surface area contributed by atoms with Gasteiger partial charge in [-0.1, -0.05) is 0 Å². The van der Waals surface area contributed by atoms with E-state index in [0.29, 0.717) is 17.4 Å². The van der Waals surface area contributed by atoms with Crippen LogP contribution in [0.2, 0.25) is 0 Å². The van der Waals surface area contributed by atoms with Gasteiger partial charge in [0.15, 0.2) is 0 Å². The molecule has 0 bridgehead atoms. The summed E-state index contributed by atoms with van der Waals surface area (Å²) in [6.45, 7) is 4.23. The van der Waals surface area contributed by atoms with Crippen LogP contribution in [-0.4, -0.2) is 72.4 Å². The fraction of sp³-hybridized carbons (Fsp3) is 0.727. The Morgan fingerprint density at radius 1 is 1.19 bits per heavy atom. The van der Waals surface area contributed by atoms with E-state index in [1.165, 1.54) is 12.8 Å². The number of furan rings is 1. The fourth-order valence-corrected chi connectivity index (χ4v) is 5.09. The van der Waals surface area contributed by atoms with Gasteiger partial charge in [0.2, 0.25) is 5.91 Å². The van der Waals surface area contributed by atoms with E-state index in [9.17, 15) is 18.0 Å². The van der Waals surface area contributed by atoms with Crippen LogP contribution in [0.1, 0.15) is 44.3 Å². The molecule has 2 aliphatic heterocycles. The van der Waals surface area contributed by atoms with E-state index >= 15 is 0 Å². The maximum absolute atomic E-state index is 12.7. The van der Waals surface area contributed by atoms with Crippen LogP contribution in [0.4, 0.5) is 13.2 Å². The number of nitrogens with zero attached hydrogens (tertiary/aromatic N) is 2. The quantitative estimate of drug-likeness (QED) is 0.740. The van der Waals surface area contributed by atoms with Gasteiger partial charge in [0.25, 0.3) is 0 Å². The van der Waals surface area contributed by atoms with Crippen molar-refractivity contribution in [3.8, 4) is 0 Å². The number of hydrogen-bond acceptors (Lipinski definition) is 5. The lowest BCUT2D eigenvalue weighted by molar-refractivity contribution is -0.192. The molecule has 3 heterocycles. The molecule has 1 unspecified atom stereocenters. The number of amides is 1. The normalized spacial score (nSPS) is 23.4. The van der Waals surface area contributed by atoms with Gasteiger partial charge in [-0.15, -0.1) is 0 Å². The minimum absolute atomic E-state index is 0.196. The summed E-state index contributed by atoms with van der Waals surface area (Å²) < 4.78 is 42.6. The minimum atomic E-state index is -5.08. The first kappa shape index (κ1) is 24.6. The molecule has 1 saturated carbocycles. The Kier molecular flexibility index (Phi) is 7.87. The van der Waals surface area contributed by atoms with Crippen LogP contribution < -0.4 is 0 Å². The molecule has 3 aliphatic rings. The molecule has 2 saturated heterocycles. The molecule has 10 heteroatoms. The number of carbonyl (C=O) groups is 2. The molecule has 180 valence electrons. The van der Waals surface area contributed by atoms with E-state index in [1.807, 2.05) is 6.07 Å². The van der Waals surface area contributed by atoms with Crippen molar-refractivity contribution in [3.63, 3.8) is 0 Å². The van der Waals surface area contributed by atoms with Crippen molar-refractivity contribution >= 4 is 11.9 Å². The third-order valence-electron chi connectivity index (χ3n) is 7.02. The van der Waals surface area contributed by atoms with Gasteiger partial charge in [-0.25, -0.2) is 4.79 Å². The topological polar surface area (TPSA) is 83.2 Å². The van der Waals surface area contributed by atoms with E-state index in [-0.39, 0.29) is 5.92 Å². The third kappa shape index (κ3) is 5.83. The molecule has 1 atom stereocenters. The van der Waals surface area contributed by atoms with Crippen LogP contribution in [0.25, 0.3) is 0 Å². The summed E-state index contributed by atoms with van der Waals surface area (Å²) in [6, 6.07) is 4.63. The van der Waals surface area contributed by atoms with Crippen molar-refractivity contribution in [2.45, 2.75) is 57.3 Å². The highest BCUT2D eigenvalue weighted by atomic mass is 19.4. The SMILES string of the molecule is CN(Cc1ccco1)C1CCC12CCN(C(=O)C1CCOCC1)CC2.O=C(O)C(F)(F)F. The predicted molar refractivity (Wildman–Crippen MR) is 109 cm³/mol. The second-order valence-corrected chi connectivity index (χ2v) is 8.93. The number of likely N-dealkylation sites (tertiary alicyclic amines) is 1. The second kappa shape index (κ2) is 10.2. The van der Waals surface area contributed by atoms with Gasteiger partial charge in [0.1, 0.15) is 5.76 Å². The summed E-state index contributed by atoms with van der Waals surface area (Å²) in [6.07, 6.45) is 3.33. The zero-order valence-corrected chi connectivity index (χ0v) is 18.3. The zero-order valence-electron chi connectivity index (χ0n) is 18.3. The number of rotatable bonds is 4. The number of piperidine rings is 1. The average Bonchev–Trinajstić information content (AvgIpc) is 3.26. The number of ether oxygens (including phenoxy) is 1. The highest BCUT2D eigenvalue weighted by Gasteiger charge is 2.50. The maximum atomic E-state index is 12.7. The number of carboxylic acids is 1. The number of carboxylic acid groups (broad SMARTS) is 1. The standard InChI is InChI=1S/C20H30N2O3.C2HF3O2/c1-21(15-17-3-2-12-25-17)18-4-7-20(18)8-10-22(11-9-20)19(23)16-5-13-24-14-6-16;3-2(4,5)1(6)7/h2-3,12,16,18H,4-11,13-15H2,1H3;(H,6,7). The molecule has 1 aliphatic carbocycles. The van der Waals surface area contributed by atoms with Gasteiger partial charge in [-0.05, 0) is 63.1 Å². The zero-order chi connectivity index (χ0) is 23.4. The van der Waals surface area contributed by atoms with Gasteiger partial charge in [0, 0.05) is 38.3 Å². The lowest BCUT2D eigenvalue weighted by atomic mass is 9.58. The summed E-state index contributed by atoms with van der Waals surface area (Å²) >= 11 is 0. The van der Waals surface area contributed by atoms with Gasteiger partial charge < -0.3 is 19.2 Å². The number of aliphatic carboxylic acids is 1. The largest absolute Gasteiger partial charge is 0.490 e. The molecule has 4 rings (SSSR count). The van der Waals surface area contributed by atoms with Crippen molar-refractivity contribution in [2.75, 3.05) is 33.4 Å². The van der Waals surface area contributed by atoms with E-state index in [2.05, 4.69) is 22.9 Å². The molecular formula is C22H31F3N2O5. The predicted octanol–water partition coefficient (Wildman–Crippen LogP) is 3.54. The number of halogens is 3. The number of hydrogen-bond donors (Lipinski definition) is 1. The first-order valence-electron chi connectivity index (χ1n) is 11.0. The van der Waals surface area contributed by atoms with Gasteiger partial charge in [-0.3, -0.25) is 9.69 Å². The summed E-state index contributed by atoms with van der Waals surface area (Å²) in [7, 11) is 2.22. The van der Waals surface area contributed by atoms with Crippen LogP contribution in [0.5, 0.6) is 0 Å². The lowest BCUT2D eigenvalue weighted by Gasteiger charge is -2.57. The Hall–Kier alpha value is -2.07. The van der Waals surface area contributed by atoms with Gasteiger partial charge in [0.05, 0.1) is 12.8 Å².